The minimum Gasteiger partial charge on any atom is -0.475 e. The standard InChI is InChI=1S/C17H20F2N6O4/c1-9(13-22-10(2)29-24-13)21-16(26)28-12-5-20-14(25-7-17(18,19)8-25)15(23-12)27-6-11-3-4-11/h5,9,11H,3-4,6-8H2,1-2H3,(H,21,26)/t9-/m1/s1. The number of ether oxygens (including phenoxy) is 2. The average Bonchev–Trinajstić information content (AvgIpc) is 3.36. The topological polar surface area (TPSA) is 116 Å². The molecule has 0 unspecified atom stereocenters. The van der Waals surface area contributed by atoms with E-state index in [1.54, 1.807) is 13.8 Å². The molecule has 156 valence electrons. The SMILES string of the molecule is Cc1nc([C@@H](C)NC(=O)Oc2cnc(N3CC(F)(F)C3)c(OCC3CC3)n2)no1. The van der Waals surface area contributed by atoms with E-state index in [1.165, 1.54) is 11.1 Å². The third-order valence-electron chi connectivity index (χ3n) is 4.46. The van der Waals surface area contributed by atoms with Gasteiger partial charge in [-0.1, -0.05) is 5.16 Å². The van der Waals surface area contributed by atoms with Crippen molar-refractivity contribution in [2.75, 3.05) is 24.6 Å². The molecular formula is C17H20F2N6O4. The lowest BCUT2D eigenvalue weighted by Gasteiger charge is -2.39. The lowest BCUT2D eigenvalue weighted by atomic mass is 10.1. The molecule has 2 aromatic heterocycles. The van der Waals surface area contributed by atoms with E-state index in [1.807, 2.05) is 0 Å². The maximum absolute atomic E-state index is 13.2. The number of hydrogen-bond donors (Lipinski definition) is 1. The number of amides is 1. The van der Waals surface area contributed by atoms with Gasteiger partial charge >= 0.3 is 6.09 Å². The molecule has 29 heavy (non-hydrogen) atoms. The van der Waals surface area contributed by atoms with Crippen molar-refractivity contribution in [1.82, 2.24) is 25.4 Å². The third-order valence-corrected chi connectivity index (χ3v) is 4.46. The van der Waals surface area contributed by atoms with E-state index in [2.05, 4.69) is 25.4 Å². The molecule has 1 aliphatic heterocycles. The number of carbonyl (C=O) groups is 1. The van der Waals surface area contributed by atoms with Gasteiger partial charge in [-0.15, -0.1) is 0 Å². The van der Waals surface area contributed by atoms with Gasteiger partial charge in [0.05, 0.1) is 31.9 Å². The largest absolute Gasteiger partial charge is 0.475 e. The number of alkyl halides is 2. The summed E-state index contributed by atoms with van der Waals surface area (Å²) in [5.41, 5.74) is 0. The zero-order chi connectivity index (χ0) is 20.6. The minimum absolute atomic E-state index is 0.0690. The Balaban J connectivity index is 1.42. The highest BCUT2D eigenvalue weighted by Crippen LogP contribution is 2.37. The molecule has 2 aromatic rings. The number of rotatable bonds is 7. The molecule has 0 radical (unpaired) electrons. The smallest absolute Gasteiger partial charge is 0.414 e. The van der Waals surface area contributed by atoms with Gasteiger partial charge in [0.2, 0.25) is 11.8 Å². The van der Waals surface area contributed by atoms with E-state index in [0.29, 0.717) is 24.2 Å². The predicted molar refractivity (Wildman–Crippen MR) is 94.0 cm³/mol. The van der Waals surface area contributed by atoms with E-state index in [0.717, 1.165) is 12.8 Å². The summed E-state index contributed by atoms with van der Waals surface area (Å²) in [4.78, 5) is 25.8. The van der Waals surface area contributed by atoms with Crippen LogP contribution < -0.4 is 19.7 Å². The molecule has 0 spiro atoms. The Hall–Kier alpha value is -3.05. The van der Waals surface area contributed by atoms with Gasteiger partial charge in [-0.2, -0.15) is 9.97 Å². The molecule has 3 heterocycles. The molecule has 4 rings (SSSR count). The highest BCUT2D eigenvalue weighted by Gasteiger charge is 2.46. The number of nitrogens with zero attached hydrogens (tertiary/aromatic N) is 5. The van der Waals surface area contributed by atoms with Gasteiger partial charge in [-0.25, -0.2) is 18.6 Å². The van der Waals surface area contributed by atoms with Crippen LogP contribution in [-0.4, -0.2) is 51.8 Å². The number of hydrogen-bond acceptors (Lipinski definition) is 9. The van der Waals surface area contributed by atoms with Crippen molar-refractivity contribution in [3.63, 3.8) is 0 Å². The second kappa shape index (κ2) is 7.41. The summed E-state index contributed by atoms with van der Waals surface area (Å²) < 4.78 is 42.1. The molecule has 1 saturated carbocycles. The van der Waals surface area contributed by atoms with Crippen LogP contribution in [0.25, 0.3) is 0 Å². The van der Waals surface area contributed by atoms with E-state index in [-0.39, 0.29) is 17.6 Å². The van der Waals surface area contributed by atoms with E-state index < -0.39 is 31.1 Å². The lowest BCUT2D eigenvalue weighted by molar-refractivity contribution is -0.0270. The van der Waals surface area contributed by atoms with Crippen LogP contribution in [0, 0.1) is 12.8 Å². The molecule has 12 heteroatoms. The van der Waals surface area contributed by atoms with Gasteiger partial charge in [-0.3, -0.25) is 0 Å². The van der Waals surface area contributed by atoms with Crippen molar-refractivity contribution in [2.24, 2.45) is 5.92 Å². The first-order chi connectivity index (χ1) is 13.8. The number of anilines is 1. The van der Waals surface area contributed by atoms with Crippen LogP contribution in [0.4, 0.5) is 19.4 Å². The molecule has 1 aliphatic carbocycles. The number of carbonyl (C=O) groups excluding carboxylic acids is 1. The van der Waals surface area contributed by atoms with Crippen molar-refractivity contribution < 1.29 is 27.6 Å². The molecule has 2 aliphatic rings. The molecule has 1 saturated heterocycles. The van der Waals surface area contributed by atoms with Crippen LogP contribution >= 0.6 is 0 Å². The second-order valence-electron chi connectivity index (χ2n) is 7.23. The number of aryl methyl sites for hydroxylation is 1. The van der Waals surface area contributed by atoms with E-state index in [4.69, 9.17) is 14.0 Å². The van der Waals surface area contributed by atoms with Crippen LogP contribution in [0.1, 0.15) is 37.5 Å². The first-order valence-electron chi connectivity index (χ1n) is 9.20. The van der Waals surface area contributed by atoms with Crippen molar-refractivity contribution in [1.29, 1.82) is 0 Å². The van der Waals surface area contributed by atoms with Gasteiger partial charge in [0.25, 0.3) is 11.8 Å². The summed E-state index contributed by atoms with van der Waals surface area (Å²) in [6.07, 6.45) is 2.50. The third kappa shape index (κ3) is 4.69. The Morgan fingerprint density at radius 1 is 1.41 bits per heavy atom. The van der Waals surface area contributed by atoms with Crippen molar-refractivity contribution >= 4 is 11.9 Å². The first kappa shape index (κ1) is 19.3. The summed E-state index contributed by atoms with van der Waals surface area (Å²) in [6, 6.07) is -0.555. The van der Waals surface area contributed by atoms with Crippen LogP contribution in [0.15, 0.2) is 10.7 Å². The summed E-state index contributed by atoms with van der Waals surface area (Å²) in [7, 11) is 0. The Morgan fingerprint density at radius 2 is 2.17 bits per heavy atom. The molecule has 10 nitrogen and oxygen atoms in total. The monoisotopic (exact) mass is 410 g/mol. The Labute approximate surface area is 164 Å². The fraction of sp³-hybridized carbons (Fsp3) is 0.588. The molecule has 0 bridgehead atoms. The highest BCUT2D eigenvalue weighted by molar-refractivity contribution is 5.70. The lowest BCUT2D eigenvalue weighted by Crippen LogP contribution is -2.56. The quantitative estimate of drug-likeness (QED) is 0.734. The van der Waals surface area contributed by atoms with Gasteiger partial charge in [0.1, 0.15) is 0 Å². The van der Waals surface area contributed by atoms with Gasteiger partial charge in [-0.05, 0) is 25.7 Å². The fourth-order valence-corrected chi connectivity index (χ4v) is 2.71. The number of aromatic nitrogens is 4. The molecule has 0 aromatic carbocycles. The maximum atomic E-state index is 13.2. The van der Waals surface area contributed by atoms with Crippen LogP contribution in [0.3, 0.4) is 0 Å². The molecule has 1 N–H and O–H groups in total. The zero-order valence-corrected chi connectivity index (χ0v) is 15.9. The van der Waals surface area contributed by atoms with Gasteiger partial charge in [0, 0.05) is 6.92 Å². The average molecular weight is 410 g/mol. The molecule has 2 fully saturated rings. The Bertz CT molecular complexity index is 896. The highest BCUT2D eigenvalue weighted by atomic mass is 19.3. The van der Waals surface area contributed by atoms with Crippen molar-refractivity contribution in [2.45, 2.75) is 38.7 Å². The zero-order valence-electron chi connectivity index (χ0n) is 15.9. The van der Waals surface area contributed by atoms with Gasteiger partial charge in [0.15, 0.2) is 11.6 Å². The van der Waals surface area contributed by atoms with Crippen LogP contribution in [0.2, 0.25) is 0 Å². The van der Waals surface area contributed by atoms with E-state index in [9.17, 15) is 13.6 Å². The maximum Gasteiger partial charge on any atom is 0.414 e. The Morgan fingerprint density at radius 3 is 2.79 bits per heavy atom. The summed E-state index contributed by atoms with van der Waals surface area (Å²) >= 11 is 0. The van der Waals surface area contributed by atoms with Gasteiger partial charge < -0.3 is 24.2 Å². The van der Waals surface area contributed by atoms with Crippen molar-refractivity contribution in [3.8, 4) is 11.8 Å². The normalized spacial score (nSPS) is 18.7. The molecule has 1 atom stereocenters. The fourth-order valence-electron chi connectivity index (χ4n) is 2.71. The van der Waals surface area contributed by atoms with Crippen molar-refractivity contribution in [3.05, 3.63) is 17.9 Å². The number of nitrogens with one attached hydrogen (secondary N) is 1. The minimum atomic E-state index is -2.76. The summed E-state index contributed by atoms with van der Waals surface area (Å²) in [6.45, 7) is 2.80. The van der Waals surface area contributed by atoms with Crippen LogP contribution in [-0.2, 0) is 0 Å². The summed E-state index contributed by atoms with van der Waals surface area (Å²) in [5, 5.41) is 6.27. The summed E-state index contributed by atoms with van der Waals surface area (Å²) in [5.74, 6) is -1.49. The predicted octanol–water partition coefficient (Wildman–Crippen LogP) is 2.26. The van der Waals surface area contributed by atoms with E-state index >= 15 is 0 Å². The molecule has 1 amide bonds. The Kier molecular flexibility index (Phi) is 4.92. The molecular weight excluding hydrogens is 390 g/mol. The second-order valence-corrected chi connectivity index (χ2v) is 7.23. The number of halogens is 2. The van der Waals surface area contributed by atoms with Crippen LogP contribution in [0.5, 0.6) is 11.8 Å². The first-order valence-corrected chi connectivity index (χ1v) is 9.20.